The largest absolute Gasteiger partial charge is 0.393 e. The molecule has 4 aliphatic rings. The van der Waals surface area contributed by atoms with E-state index in [0.717, 1.165) is 30.6 Å². The van der Waals surface area contributed by atoms with Crippen molar-refractivity contribution in [1.82, 2.24) is 0 Å². The molecule has 2 heteroatoms. The maximum Gasteiger partial charge on any atom is 0.0577 e. The lowest BCUT2D eigenvalue weighted by molar-refractivity contribution is -0.0675. The Labute approximate surface area is 141 Å². The summed E-state index contributed by atoms with van der Waals surface area (Å²) in [5, 5.41) is 20.4. The first-order valence-electron chi connectivity index (χ1n) is 9.92. The van der Waals surface area contributed by atoms with Gasteiger partial charge in [-0.25, -0.2) is 0 Å². The average Bonchev–Trinajstić information content (AvgIpc) is 2.85. The first-order chi connectivity index (χ1) is 10.9. The Morgan fingerprint density at radius 3 is 2.61 bits per heavy atom. The predicted molar refractivity (Wildman–Crippen MR) is 92.9 cm³/mol. The lowest BCUT2D eigenvalue weighted by atomic mass is 9.47. The summed E-state index contributed by atoms with van der Waals surface area (Å²) in [6.07, 6.45) is 11.7. The normalized spacial score (nSPS) is 53.8. The van der Waals surface area contributed by atoms with Gasteiger partial charge in [-0.3, -0.25) is 0 Å². The van der Waals surface area contributed by atoms with Gasteiger partial charge in [-0.2, -0.15) is 0 Å². The van der Waals surface area contributed by atoms with Gasteiger partial charge in [0, 0.05) is 0 Å². The van der Waals surface area contributed by atoms with E-state index in [2.05, 4.69) is 19.9 Å². The minimum Gasteiger partial charge on any atom is -0.393 e. The summed E-state index contributed by atoms with van der Waals surface area (Å²) in [5.74, 6) is 2.91. The van der Waals surface area contributed by atoms with Crippen LogP contribution < -0.4 is 0 Å². The Bertz CT molecular complexity index is 510. The summed E-state index contributed by atoms with van der Waals surface area (Å²) in [6.45, 7) is 6.98. The zero-order valence-corrected chi connectivity index (χ0v) is 15.1. The highest BCUT2D eigenvalue weighted by atomic mass is 16.3. The zero-order chi connectivity index (χ0) is 16.4. The van der Waals surface area contributed by atoms with Crippen LogP contribution in [-0.2, 0) is 0 Å². The van der Waals surface area contributed by atoms with Gasteiger partial charge in [0.25, 0.3) is 0 Å². The number of allylic oxidation sites excluding steroid dienone is 1. The highest BCUT2D eigenvalue weighted by Gasteiger charge is 2.59. The van der Waals surface area contributed by atoms with Gasteiger partial charge < -0.3 is 10.2 Å². The molecule has 0 aromatic carbocycles. The molecule has 0 heterocycles. The van der Waals surface area contributed by atoms with Crippen LogP contribution >= 0.6 is 0 Å². The van der Waals surface area contributed by atoms with Gasteiger partial charge in [0.1, 0.15) is 0 Å². The number of fused-ring (bicyclic) bond motifs is 5. The molecule has 0 aromatic heterocycles. The molecular formula is C21H34O2. The first kappa shape index (κ1) is 16.1. The van der Waals surface area contributed by atoms with Crippen LogP contribution in [0, 0.1) is 34.5 Å². The number of rotatable bonds is 1. The molecule has 0 amide bonds. The van der Waals surface area contributed by atoms with Crippen LogP contribution in [-0.4, -0.2) is 22.4 Å². The fourth-order valence-corrected chi connectivity index (χ4v) is 7.47. The maximum absolute atomic E-state index is 10.3. The van der Waals surface area contributed by atoms with E-state index >= 15 is 0 Å². The number of hydrogen-bond acceptors (Lipinski definition) is 2. The Hall–Kier alpha value is -0.340. The van der Waals surface area contributed by atoms with E-state index in [9.17, 15) is 10.2 Å². The van der Waals surface area contributed by atoms with Crippen molar-refractivity contribution in [3.63, 3.8) is 0 Å². The minimum absolute atomic E-state index is 0.106. The molecule has 0 saturated heterocycles. The predicted octanol–water partition coefficient (Wildman–Crippen LogP) is 4.31. The highest BCUT2D eigenvalue weighted by Crippen LogP contribution is 2.66. The van der Waals surface area contributed by atoms with Crippen molar-refractivity contribution in [1.29, 1.82) is 0 Å². The van der Waals surface area contributed by atoms with Crippen LogP contribution in [0.2, 0.25) is 0 Å². The second-order valence-corrected chi connectivity index (χ2v) is 9.62. The van der Waals surface area contributed by atoms with E-state index in [1.165, 1.54) is 38.5 Å². The van der Waals surface area contributed by atoms with Crippen LogP contribution in [0.25, 0.3) is 0 Å². The van der Waals surface area contributed by atoms with Gasteiger partial charge in [0.2, 0.25) is 0 Å². The molecule has 0 spiro atoms. The lowest BCUT2D eigenvalue weighted by Gasteiger charge is -2.58. The van der Waals surface area contributed by atoms with E-state index in [4.69, 9.17) is 0 Å². The molecule has 5 unspecified atom stereocenters. The van der Waals surface area contributed by atoms with Crippen molar-refractivity contribution in [3.8, 4) is 0 Å². The van der Waals surface area contributed by atoms with Crippen molar-refractivity contribution >= 4 is 0 Å². The molecule has 0 aliphatic heterocycles. The highest BCUT2D eigenvalue weighted by molar-refractivity contribution is 5.25. The second kappa shape index (κ2) is 5.33. The average molecular weight is 319 g/mol. The maximum atomic E-state index is 10.3. The van der Waals surface area contributed by atoms with Gasteiger partial charge in [-0.15, -0.1) is 0 Å². The molecular weight excluding hydrogens is 284 g/mol. The number of aliphatic hydroxyl groups excluding tert-OH is 2. The molecule has 2 nitrogen and oxygen atoms in total. The first-order valence-corrected chi connectivity index (χ1v) is 9.92. The fourth-order valence-electron chi connectivity index (χ4n) is 7.47. The third-order valence-corrected chi connectivity index (χ3v) is 8.73. The van der Waals surface area contributed by atoms with E-state index in [-0.39, 0.29) is 12.2 Å². The van der Waals surface area contributed by atoms with E-state index < -0.39 is 0 Å². The smallest absolute Gasteiger partial charge is 0.0577 e. The Balaban J connectivity index is 1.65. The van der Waals surface area contributed by atoms with Gasteiger partial charge in [-0.05, 0) is 92.8 Å². The van der Waals surface area contributed by atoms with Crippen molar-refractivity contribution < 1.29 is 10.2 Å². The third kappa shape index (κ3) is 2.20. The fraction of sp³-hybridized carbons (Fsp3) is 0.905. The van der Waals surface area contributed by atoms with Gasteiger partial charge >= 0.3 is 0 Å². The Morgan fingerprint density at radius 2 is 1.87 bits per heavy atom. The molecule has 8 atom stereocenters. The lowest BCUT2D eigenvalue weighted by Crippen LogP contribution is -2.51. The monoisotopic (exact) mass is 318 g/mol. The van der Waals surface area contributed by atoms with E-state index in [1.54, 1.807) is 5.57 Å². The van der Waals surface area contributed by atoms with Gasteiger partial charge in [0.05, 0.1) is 12.2 Å². The van der Waals surface area contributed by atoms with Gasteiger partial charge in [-0.1, -0.05) is 25.5 Å². The minimum atomic E-state index is -0.156. The molecule has 0 radical (unpaired) electrons. The van der Waals surface area contributed by atoms with Crippen LogP contribution in [0.5, 0.6) is 0 Å². The molecule has 23 heavy (non-hydrogen) atoms. The van der Waals surface area contributed by atoms with Crippen molar-refractivity contribution in [3.05, 3.63) is 11.6 Å². The SMILES string of the molecule is CC(O)[C@H]1CCC2C3CC=C4CC(O)CC[C@]4(C)C3CC[C@@]21C. The third-order valence-electron chi connectivity index (χ3n) is 8.73. The Kier molecular flexibility index (Phi) is 3.74. The zero-order valence-electron chi connectivity index (χ0n) is 15.1. The number of hydrogen-bond donors (Lipinski definition) is 2. The quantitative estimate of drug-likeness (QED) is 0.707. The van der Waals surface area contributed by atoms with Crippen molar-refractivity contribution in [2.45, 2.75) is 84.3 Å². The van der Waals surface area contributed by atoms with Crippen LogP contribution in [0.3, 0.4) is 0 Å². The molecule has 130 valence electrons. The summed E-state index contributed by atoms with van der Waals surface area (Å²) in [6, 6.07) is 0. The van der Waals surface area contributed by atoms with E-state index in [0.29, 0.717) is 16.7 Å². The standard InChI is InChI=1S/C21H34O2/c1-13(22)17-6-7-18-16-5-4-14-12-15(23)8-10-20(14,2)19(16)9-11-21(17,18)3/h4,13,15-19,22-23H,5-12H2,1-3H3/t13?,15?,16?,17-,18?,19?,20+,21-/m1/s1. The van der Waals surface area contributed by atoms with Crippen molar-refractivity contribution in [2.24, 2.45) is 34.5 Å². The van der Waals surface area contributed by atoms with Crippen LogP contribution in [0.15, 0.2) is 11.6 Å². The van der Waals surface area contributed by atoms with Gasteiger partial charge in [0.15, 0.2) is 0 Å². The topological polar surface area (TPSA) is 40.5 Å². The summed E-state index contributed by atoms with van der Waals surface area (Å²) in [7, 11) is 0. The van der Waals surface area contributed by atoms with E-state index in [1.807, 2.05) is 6.92 Å². The number of aliphatic hydroxyl groups is 2. The Morgan fingerprint density at radius 1 is 1.09 bits per heavy atom. The van der Waals surface area contributed by atoms with Crippen molar-refractivity contribution in [2.75, 3.05) is 0 Å². The molecule has 2 N–H and O–H groups in total. The second-order valence-electron chi connectivity index (χ2n) is 9.62. The van der Waals surface area contributed by atoms with Crippen LogP contribution in [0.4, 0.5) is 0 Å². The molecule has 0 bridgehead atoms. The molecule has 3 fully saturated rings. The summed E-state index contributed by atoms with van der Waals surface area (Å²) in [4.78, 5) is 0. The molecule has 0 aromatic rings. The molecule has 4 rings (SSSR count). The molecule has 3 saturated carbocycles. The summed E-state index contributed by atoms with van der Waals surface area (Å²) >= 11 is 0. The summed E-state index contributed by atoms with van der Waals surface area (Å²) in [5.41, 5.74) is 2.25. The van der Waals surface area contributed by atoms with Crippen LogP contribution in [0.1, 0.15) is 72.1 Å². The summed E-state index contributed by atoms with van der Waals surface area (Å²) < 4.78 is 0. The molecule has 4 aliphatic carbocycles.